The molecule has 6 nitrogen and oxygen atoms in total. The number of hydrazone groups is 1. The number of nitrogens with two attached hydrogens (primary N) is 1. The highest BCUT2D eigenvalue weighted by atomic mass is 32.1. The monoisotopic (exact) mass is 302 g/mol. The minimum Gasteiger partial charge on any atom is -0.383 e. The second-order valence-corrected chi connectivity index (χ2v) is 5.60. The summed E-state index contributed by atoms with van der Waals surface area (Å²) in [5, 5.41) is 10.1. The molecule has 0 bridgehead atoms. The number of anilines is 3. The van der Waals surface area contributed by atoms with Gasteiger partial charge in [0.25, 0.3) is 0 Å². The molecule has 110 valence electrons. The Morgan fingerprint density at radius 2 is 2.14 bits per heavy atom. The standard InChI is InChI=1S/C14H18N6S/c15-13-10-21-14(18-13)19-17-9-11-3-1-2-4-12(11)20-7-5-16-6-8-20/h1-4,9-10,16H,5-8,15H2,(H,18,19). The Balaban J connectivity index is 1.72. The molecule has 1 fully saturated rings. The summed E-state index contributed by atoms with van der Waals surface area (Å²) in [7, 11) is 0. The van der Waals surface area contributed by atoms with Crippen LogP contribution >= 0.6 is 11.3 Å². The van der Waals surface area contributed by atoms with Crippen LogP contribution in [-0.2, 0) is 0 Å². The van der Waals surface area contributed by atoms with Crippen LogP contribution < -0.4 is 21.4 Å². The zero-order valence-corrected chi connectivity index (χ0v) is 12.4. The van der Waals surface area contributed by atoms with E-state index in [0.717, 1.165) is 31.7 Å². The van der Waals surface area contributed by atoms with Crippen LogP contribution in [0.3, 0.4) is 0 Å². The fourth-order valence-electron chi connectivity index (χ4n) is 2.28. The van der Waals surface area contributed by atoms with E-state index in [1.807, 2.05) is 12.3 Å². The lowest BCUT2D eigenvalue weighted by atomic mass is 10.1. The van der Waals surface area contributed by atoms with E-state index in [4.69, 9.17) is 5.73 Å². The Morgan fingerprint density at radius 3 is 2.90 bits per heavy atom. The highest BCUT2D eigenvalue weighted by Crippen LogP contribution is 2.20. The summed E-state index contributed by atoms with van der Waals surface area (Å²) in [6.45, 7) is 4.06. The van der Waals surface area contributed by atoms with Crippen molar-refractivity contribution in [3.8, 4) is 0 Å². The van der Waals surface area contributed by atoms with Crippen molar-refractivity contribution in [3.63, 3.8) is 0 Å². The lowest BCUT2D eigenvalue weighted by molar-refractivity contribution is 0.589. The summed E-state index contributed by atoms with van der Waals surface area (Å²) in [6.07, 6.45) is 1.83. The molecule has 4 N–H and O–H groups in total. The number of para-hydroxylation sites is 1. The minimum atomic E-state index is 0.513. The van der Waals surface area contributed by atoms with Crippen LogP contribution in [0.1, 0.15) is 5.56 Å². The van der Waals surface area contributed by atoms with Crippen molar-refractivity contribution in [1.82, 2.24) is 10.3 Å². The quantitative estimate of drug-likeness (QED) is 0.590. The number of nitrogens with one attached hydrogen (secondary N) is 2. The SMILES string of the molecule is Nc1csc(NN=Cc2ccccc2N2CCNCC2)n1. The molecule has 0 radical (unpaired) electrons. The van der Waals surface area contributed by atoms with Crippen LogP contribution in [0.15, 0.2) is 34.7 Å². The molecule has 0 atom stereocenters. The van der Waals surface area contributed by atoms with E-state index in [-0.39, 0.29) is 0 Å². The largest absolute Gasteiger partial charge is 0.383 e. The Morgan fingerprint density at radius 1 is 1.33 bits per heavy atom. The summed E-state index contributed by atoms with van der Waals surface area (Å²) < 4.78 is 0. The van der Waals surface area contributed by atoms with Gasteiger partial charge in [-0.3, -0.25) is 5.43 Å². The zero-order valence-electron chi connectivity index (χ0n) is 11.6. The summed E-state index contributed by atoms with van der Waals surface area (Å²) in [5.41, 5.74) is 10.8. The smallest absolute Gasteiger partial charge is 0.205 e. The molecule has 7 heteroatoms. The van der Waals surface area contributed by atoms with Crippen LogP contribution in [-0.4, -0.2) is 37.4 Å². The fourth-order valence-corrected chi connectivity index (χ4v) is 2.83. The highest BCUT2D eigenvalue weighted by molar-refractivity contribution is 7.14. The number of nitrogen functional groups attached to an aromatic ring is 1. The molecule has 0 saturated carbocycles. The first-order chi connectivity index (χ1) is 10.3. The van der Waals surface area contributed by atoms with Crippen LogP contribution in [0.25, 0.3) is 0 Å². The van der Waals surface area contributed by atoms with Crippen molar-refractivity contribution < 1.29 is 0 Å². The van der Waals surface area contributed by atoms with Gasteiger partial charge in [0, 0.05) is 42.8 Å². The predicted molar refractivity (Wildman–Crippen MR) is 89.3 cm³/mol. The van der Waals surface area contributed by atoms with Gasteiger partial charge in [0.05, 0.1) is 6.21 Å². The van der Waals surface area contributed by atoms with Crippen molar-refractivity contribution >= 4 is 34.2 Å². The van der Waals surface area contributed by atoms with Crippen LogP contribution in [0.5, 0.6) is 0 Å². The van der Waals surface area contributed by atoms with Gasteiger partial charge < -0.3 is 16.0 Å². The molecular weight excluding hydrogens is 284 g/mol. The van der Waals surface area contributed by atoms with E-state index >= 15 is 0 Å². The summed E-state index contributed by atoms with van der Waals surface area (Å²) in [4.78, 5) is 6.48. The first kappa shape index (κ1) is 13.8. The maximum absolute atomic E-state index is 5.58. The topological polar surface area (TPSA) is 78.6 Å². The van der Waals surface area contributed by atoms with Crippen molar-refractivity contribution in [1.29, 1.82) is 0 Å². The fraction of sp³-hybridized carbons (Fsp3) is 0.286. The Bertz CT molecular complexity index is 617. The third kappa shape index (κ3) is 3.50. The molecule has 1 aliphatic heterocycles. The van der Waals surface area contributed by atoms with Crippen molar-refractivity contribution in [2.45, 2.75) is 0 Å². The summed E-state index contributed by atoms with van der Waals surface area (Å²) in [6, 6.07) is 8.28. The summed E-state index contributed by atoms with van der Waals surface area (Å²) >= 11 is 1.44. The Labute approximate surface area is 127 Å². The van der Waals surface area contributed by atoms with E-state index in [9.17, 15) is 0 Å². The van der Waals surface area contributed by atoms with Gasteiger partial charge in [-0.15, -0.1) is 11.3 Å². The molecule has 1 aliphatic rings. The van der Waals surface area contributed by atoms with Gasteiger partial charge in [0.2, 0.25) is 5.13 Å². The number of nitrogens with zero attached hydrogens (tertiary/aromatic N) is 3. The van der Waals surface area contributed by atoms with Crippen LogP contribution in [0.4, 0.5) is 16.6 Å². The molecular formula is C14H18N6S. The van der Waals surface area contributed by atoms with Gasteiger partial charge in [0.1, 0.15) is 5.82 Å². The molecule has 21 heavy (non-hydrogen) atoms. The van der Waals surface area contributed by atoms with E-state index in [2.05, 4.69) is 43.9 Å². The first-order valence-electron chi connectivity index (χ1n) is 6.88. The minimum absolute atomic E-state index is 0.513. The van der Waals surface area contributed by atoms with Crippen molar-refractivity contribution in [2.24, 2.45) is 5.10 Å². The second kappa shape index (κ2) is 6.55. The van der Waals surface area contributed by atoms with Gasteiger partial charge in [-0.2, -0.15) is 5.10 Å². The van der Waals surface area contributed by atoms with Gasteiger partial charge in [-0.1, -0.05) is 18.2 Å². The molecule has 1 saturated heterocycles. The third-order valence-corrected chi connectivity index (χ3v) is 4.05. The Hall–Kier alpha value is -2.12. The van der Waals surface area contributed by atoms with Gasteiger partial charge >= 0.3 is 0 Å². The lowest BCUT2D eigenvalue weighted by Crippen LogP contribution is -2.43. The molecule has 2 heterocycles. The van der Waals surface area contributed by atoms with E-state index < -0.39 is 0 Å². The van der Waals surface area contributed by atoms with E-state index in [1.165, 1.54) is 17.0 Å². The van der Waals surface area contributed by atoms with Gasteiger partial charge in [-0.05, 0) is 6.07 Å². The maximum Gasteiger partial charge on any atom is 0.205 e. The molecule has 0 spiro atoms. The molecule has 0 amide bonds. The normalized spacial score (nSPS) is 15.5. The molecule has 3 rings (SSSR count). The number of thiazole rings is 1. The van der Waals surface area contributed by atoms with Gasteiger partial charge in [0.15, 0.2) is 0 Å². The number of benzene rings is 1. The molecule has 1 aromatic heterocycles. The van der Waals surface area contributed by atoms with Crippen molar-refractivity contribution in [2.75, 3.05) is 42.2 Å². The number of aromatic nitrogens is 1. The zero-order chi connectivity index (χ0) is 14.5. The maximum atomic E-state index is 5.58. The third-order valence-electron chi connectivity index (χ3n) is 3.28. The van der Waals surface area contributed by atoms with Crippen LogP contribution in [0.2, 0.25) is 0 Å². The number of rotatable bonds is 4. The number of piperazine rings is 1. The lowest BCUT2D eigenvalue weighted by Gasteiger charge is -2.30. The van der Waals surface area contributed by atoms with E-state index in [1.54, 1.807) is 5.38 Å². The van der Waals surface area contributed by atoms with Crippen molar-refractivity contribution in [3.05, 3.63) is 35.2 Å². The first-order valence-corrected chi connectivity index (χ1v) is 7.76. The average molecular weight is 302 g/mol. The number of hydrogen-bond donors (Lipinski definition) is 3. The van der Waals surface area contributed by atoms with Crippen LogP contribution in [0, 0.1) is 0 Å². The average Bonchev–Trinajstić information content (AvgIpc) is 2.94. The molecule has 0 unspecified atom stereocenters. The molecule has 1 aromatic carbocycles. The van der Waals surface area contributed by atoms with E-state index in [0.29, 0.717) is 10.9 Å². The predicted octanol–water partition coefficient (Wildman–Crippen LogP) is 1.58. The van der Waals surface area contributed by atoms with Gasteiger partial charge in [-0.25, -0.2) is 4.98 Å². The second-order valence-electron chi connectivity index (χ2n) is 4.74. The highest BCUT2D eigenvalue weighted by Gasteiger charge is 2.12. The molecule has 2 aromatic rings. The molecule has 0 aliphatic carbocycles. The Kier molecular flexibility index (Phi) is 4.32. The summed E-state index contributed by atoms with van der Waals surface area (Å²) in [5.74, 6) is 0.513. The number of hydrogen-bond acceptors (Lipinski definition) is 7.